The summed E-state index contributed by atoms with van der Waals surface area (Å²) < 4.78 is 5.73. The van der Waals surface area contributed by atoms with Gasteiger partial charge < -0.3 is 15.0 Å². The Labute approximate surface area is 129 Å². The number of nitrogens with one attached hydrogen (secondary N) is 1. The van der Waals surface area contributed by atoms with Crippen molar-refractivity contribution in [2.24, 2.45) is 5.41 Å². The molecule has 1 heterocycles. The van der Waals surface area contributed by atoms with Crippen molar-refractivity contribution in [2.45, 2.75) is 39.7 Å². The van der Waals surface area contributed by atoms with Crippen LogP contribution in [0, 0.1) is 12.3 Å². The van der Waals surface area contributed by atoms with Gasteiger partial charge in [-0.15, -0.1) is 0 Å². The van der Waals surface area contributed by atoms with Gasteiger partial charge in [-0.3, -0.25) is 0 Å². The number of hydrogen-bond acceptors (Lipinski definition) is 3. The van der Waals surface area contributed by atoms with E-state index < -0.39 is 0 Å². The fourth-order valence-corrected chi connectivity index (χ4v) is 3.00. The number of aryl methyl sites for hydroxylation is 1. The van der Waals surface area contributed by atoms with Crippen molar-refractivity contribution in [3.8, 4) is 0 Å². The van der Waals surface area contributed by atoms with Crippen LogP contribution in [0.5, 0.6) is 0 Å². The van der Waals surface area contributed by atoms with Crippen molar-refractivity contribution >= 4 is 5.69 Å². The molecule has 1 aromatic rings. The molecule has 21 heavy (non-hydrogen) atoms. The highest BCUT2D eigenvalue weighted by Gasteiger charge is 2.37. The molecule has 0 amide bonds. The highest BCUT2D eigenvalue weighted by Crippen LogP contribution is 2.31. The van der Waals surface area contributed by atoms with Crippen molar-refractivity contribution in [1.82, 2.24) is 5.32 Å². The van der Waals surface area contributed by atoms with E-state index in [0.29, 0.717) is 0 Å². The lowest BCUT2D eigenvalue weighted by molar-refractivity contribution is 0.147. The monoisotopic (exact) mass is 290 g/mol. The fraction of sp³-hybridized carbons (Fsp3) is 0.667. The van der Waals surface area contributed by atoms with Gasteiger partial charge in [0.2, 0.25) is 0 Å². The van der Waals surface area contributed by atoms with Crippen molar-refractivity contribution in [2.75, 3.05) is 38.3 Å². The summed E-state index contributed by atoms with van der Waals surface area (Å²) in [7, 11) is 2.19. The number of para-hydroxylation sites is 1. The van der Waals surface area contributed by atoms with E-state index in [-0.39, 0.29) is 11.0 Å². The normalized spacial score (nSPS) is 22.5. The Hall–Kier alpha value is -1.06. The lowest BCUT2D eigenvalue weighted by Gasteiger charge is -2.36. The van der Waals surface area contributed by atoms with Gasteiger partial charge in [-0.05, 0) is 45.7 Å². The van der Waals surface area contributed by atoms with Crippen LogP contribution in [-0.4, -0.2) is 38.9 Å². The first-order valence-corrected chi connectivity index (χ1v) is 7.91. The summed E-state index contributed by atoms with van der Waals surface area (Å²) in [6.07, 6.45) is 1.13. The molecule has 1 fully saturated rings. The molecule has 3 nitrogen and oxygen atoms in total. The van der Waals surface area contributed by atoms with Gasteiger partial charge in [0.15, 0.2) is 0 Å². The van der Waals surface area contributed by atoms with E-state index in [1.807, 2.05) is 0 Å². The van der Waals surface area contributed by atoms with Gasteiger partial charge >= 0.3 is 0 Å². The van der Waals surface area contributed by atoms with Gasteiger partial charge in [0, 0.05) is 43.4 Å². The molecule has 0 spiro atoms. The number of rotatable bonds is 5. The van der Waals surface area contributed by atoms with Crippen LogP contribution in [0.4, 0.5) is 5.69 Å². The Morgan fingerprint density at radius 1 is 1.29 bits per heavy atom. The first kappa shape index (κ1) is 16.3. The first-order valence-electron chi connectivity index (χ1n) is 7.91. The lowest BCUT2D eigenvalue weighted by Crippen LogP contribution is -2.49. The zero-order valence-corrected chi connectivity index (χ0v) is 14.2. The van der Waals surface area contributed by atoms with Crippen molar-refractivity contribution in [1.29, 1.82) is 0 Å². The van der Waals surface area contributed by atoms with Crippen LogP contribution in [0.25, 0.3) is 0 Å². The Balaban J connectivity index is 2.07. The maximum atomic E-state index is 5.73. The molecule has 0 aliphatic carbocycles. The van der Waals surface area contributed by atoms with Crippen LogP contribution in [-0.2, 0) is 4.74 Å². The molecule has 1 aromatic carbocycles. The van der Waals surface area contributed by atoms with Crippen LogP contribution in [0.2, 0.25) is 0 Å². The van der Waals surface area contributed by atoms with Gasteiger partial charge in [0.1, 0.15) is 0 Å². The summed E-state index contributed by atoms with van der Waals surface area (Å²) in [6, 6.07) is 8.60. The smallest absolute Gasteiger partial charge is 0.0552 e. The molecular weight excluding hydrogens is 260 g/mol. The molecule has 1 aliphatic heterocycles. The van der Waals surface area contributed by atoms with E-state index in [0.717, 1.165) is 32.7 Å². The first-order chi connectivity index (χ1) is 9.81. The van der Waals surface area contributed by atoms with Crippen LogP contribution in [0.15, 0.2) is 24.3 Å². The average molecular weight is 290 g/mol. The molecular formula is C18H30N2O. The minimum atomic E-state index is 0.150. The summed E-state index contributed by atoms with van der Waals surface area (Å²) in [6.45, 7) is 12.6. The van der Waals surface area contributed by atoms with Crippen molar-refractivity contribution in [3.63, 3.8) is 0 Å². The molecule has 2 rings (SSSR count). The van der Waals surface area contributed by atoms with Crippen molar-refractivity contribution in [3.05, 3.63) is 29.8 Å². The Morgan fingerprint density at radius 3 is 2.57 bits per heavy atom. The predicted octanol–water partition coefficient (Wildman–Crippen LogP) is 3.23. The third-order valence-corrected chi connectivity index (χ3v) is 4.28. The Morgan fingerprint density at radius 2 is 2.00 bits per heavy atom. The lowest BCUT2D eigenvalue weighted by atomic mass is 9.85. The second-order valence-electron chi connectivity index (χ2n) is 7.55. The zero-order valence-electron chi connectivity index (χ0n) is 14.2. The Bertz CT molecular complexity index is 459. The van der Waals surface area contributed by atoms with E-state index >= 15 is 0 Å². The molecule has 3 heteroatoms. The molecule has 118 valence electrons. The molecule has 1 saturated heterocycles. The van der Waals surface area contributed by atoms with E-state index in [4.69, 9.17) is 4.74 Å². The molecule has 0 saturated carbocycles. The number of anilines is 1. The molecule has 0 radical (unpaired) electrons. The maximum absolute atomic E-state index is 5.73. The molecule has 1 atom stereocenters. The third kappa shape index (κ3) is 4.45. The van der Waals surface area contributed by atoms with Gasteiger partial charge in [0.05, 0.1) is 6.61 Å². The fourth-order valence-electron chi connectivity index (χ4n) is 3.00. The highest BCUT2D eigenvalue weighted by atomic mass is 16.5. The molecule has 0 bridgehead atoms. The molecule has 0 aromatic heterocycles. The summed E-state index contributed by atoms with van der Waals surface area (Å²) >= 11 is 0. The standard InChI is InChI=1S/C18H30N2O/c1-15-8-6-7-9-16(15)20(5)13-18(10-11-21-14-18)12-19-17(2,3)4/h6-9,19H,10-14H2,1-5H3. The quantitative estimate of drug-likeness (QED) is 0.901. The van der Waals surface area contributed by atoms with Crippen LogP contribution < -0.4 is 10.2 Å². The third-order valence-electron chi connectivity index (χ3n) is 4.28. The SMILES string of the molecule is Cc1ccccc1N(C)CC1(CNC(C)(C)C)CCOC1. The molecule has 1 N–H and O–H groups in total. The molecule has 1 unspecified atom stereocenters. The van der Waals surface area contributed by atoms with Gasteiger partial charge in [-0.25, -0.2) is 0 Å². The Kier molecular flexibility index (Phi) is 4.95. The van der Waals surface area contributed by atoms with Gasteiger partial charge in [-0.1, -0.05) is 18.2 Å². The van der Waals surface area contributed by atoms with Crippen LogP contribution in [0.1, 0.15) is 32.8 Å². The van der Waals surface area contributed by atoms with Gasteiger partial charge in [0.25, 0.3) is 0 Å². The largest absolute Gasteiger partial charge is 0.381 e. The second-order valence-corrected chi connectivity index (χ2v) is 7.55. The number of ether oxygens (including phenoxy) is 1. The average Bonchev–Trinajstić information content (AvgIpc) is 2.85. The minimum Gasteiger partial charge on any atom is -0.381 e. The zero-order chi connectivity index (χ0) is 15.5. The maximum Gasteiger partial charge on any atom is 0.0552 e. The van der Waals surface area contributed by atoms with E-state index in [9.17, 15) is 0 Å². The number of nitrogens with zero attached hydrogens (tertiary/aromatic N) is 1. The topological polar surface area (TPSA) is 24.5 Å². The molecule has 1 aliphatic rings. The van der Waals surface area contributed by atoms with Crippen molar-refractivity contribution < 1.29 is 4.74 Å². The summed E-state index contributed by atoms with van der Waals surface area (Å²) in [5, 5.41) is 3.67. The second kappa shape index (κ2) is 6.37. The summed E-state index contributed by atoms with van der Waals surface area (Å²) in [4.78, 5) is 2.38. The number of hydrogen-bond donors (Lipinski definition) is 1. The highest BCUT2D eigenvalue weighted by molar-refractivity contribution is 5.52. The van der Waals surface area contributed by atoms with E-state index in [1.54, 1.807) is 0 Å². The summed E-state index contributed by atoms with van der Waals surface area (Å²) in [5.74, 6) is 0. The minimum absolute atomic E-state index is 0.150. The van der Waals surface area contributed by atoms with Crippen LogP contribution >= 0.6 is 0 Å². The summed E-state index contributed by atoms with van der Waals surface area (Å²) in [5.41, 5.74) is 3.01. The van der Waals surface area contributed by atoms with E-state index in [2.05, 4.69) is 69.2 Å². The van der Waals surface area contributed by atoms with Crippen LogP contribution in [0.3, 0.4) is 0 Å². The van der Waals surface area contributed by atoms with E-state index in [1.165, 1.54) is 11.3 Å². The predicted molar refractivity (Wildman–Crippen MR) is 90.1 cm³/mol. The van der Waals surface area contributed by atoms with Gasteiger partial charge in [-0.2, -0.15) is 0 Å². The number of benzene rings is 1.